The molecule has 2 unspecified atom stereocenters. The number of hydrogen-bond acceptors (Lipinski definition) is 7. The van der Waals surface area contributed by atoms with Crippen molar-refractivity contribution >= 4 is 40.6 Å². The maximum Gasteiger partial charge on any atom is 0.410 e. The average Bonchev–Trinajstić information content (AvgIpc) is 3.13. The fourth-order valence-corrected chi connectivity index (χ4v) is 6.07. The van der Waals surface area contributed by atoms with Gasteiger partial charge in [0, 0.05) is 25.4 Å². The summed E-state index contributed by atoms with van der Waals surface area (Å²) in [4.78, 5) is 51.1. The highest BCUT2D eigenvalue weighted by molar-refractivity contribution is 8.15. The maximum absolute atomic E-state index is 12.7. The van der Waals surface area contributed by atoms with E-state index < -0.39 is 10.9 Å². The van der Waals surface area contributed by atoms with Crippen LogP contribution in [0.4, 0.5) is 15.3 Å². The van der Waals surface area contributed by atoms with Gasteiger partial charge < -0.3 is 19.7 Å². The van der Waals surface area contributed by atoms with Crippen molar-refractivity contribution in [3.8, 4) is 5.75 Å². The Hall–Kier alpha value is -2.75. The molecule has 2 atom stereocenters. The Labute approximate surface area is 209 Å². The Morgan fingerprint density at radius 2 is 1.86 bits per heavy atom. The molecule has 190 valence electrons. The van der Waals surface area contributed by atoms with Crippen molar-refractivity contribution < 1.29 is 28.7 Å². The molecule has 3 aliphatic rings. The van der Waals surface area contributed by atoms with Crippen molar-refractivity contribution in [3.63, 3.8) is 0 Å². The minimum atomic E-state index is -0.540. The number of imide groups is 1. The number of nitrogens with one attached hydrogen (secondary N) is 2. The van der Waals surface area contributed by atoms with E-state index in [1.165, 1.54) is 0 Å². The van der Waals surface area contributed by atoms with E-state index in [1.54, 1.807) is 12.0 Å². The molecule has 1 aromatic carbocycles. The van der Waals surface area contributed by atoms with Gasteiger partial charge in [-0.3, -0.25) is 19.7 Å². The lowest BCUT2D eigenvalue weighted by molar-refractivity contribution is -0.119. The van der Waals surface area contributed by atoms with Gasteiger partial charge in [-0.15, -0.1) is 0 Å². The van der Waals surface area contributed by atoms with E-state index in [9.17, 15) is 19.2 Å². The first-order valence-electron chi connectivity index (χ1n) is 12.0. The fraction of sp³-hybridized carbons (Fsp3) is 0.600. The van der Waals surface area contributed by atoms with E-state index in [0.717, 1.165) is 35.7 Å². The summed E-state index contributed by atoms with van der Waals surface area (Å²) < 4.78 is 11.0. The lowest BCUT2D eigenvalue weighted by Gasteiger charge is -2.36. The Morgan fingerprint density at radius 3 is 2.46 bits per heavy atom. The standard InChI is InChI=1S/C25H33N3O6S/c1-25(2,3)34-24(32)28-11-9-14(10-12-28)13-17(21-22(30)27-23(31)35-21)15-5-7-18(33-4)20-16(15)6-8-19(29)26-20/h5,7,14,17,21H,6,8-13H2,1-4H3,(H,26,29)(H,27,30,31). The number of likely N-dealkylation sites (tertiary alicyclic amines) is 1. The minimum Gasteiger partial charge on any atom is -0.495 e. The Kier molecular flexibility index (Phi) is 7.30. The van der Waals surface area contributed by atoms with Gasteiger partial charge in [-0.1, -0.05) is 17.8 Å². The second-order valence-corrected chi connectivity index (χ2v) is 11.4. The molecule has 0 spiro atoms. The molecule has 0 aliphatic carbocycles. The first-order valence-corrected chi connectivity index (χ1v) is 12.9. The van der Waals surface area contributed by atoms with Crippen molar-refractivity contribution in [2.75, 3.05) is 25.5 Å². The van der Waals surface area contributed by atoms with Crippen LogP contribution in [0.5, 0.6) is 5.75 Å². The summed E-state index contributed by atoms with van der Waals surface area (Å²) in [5.41, 5.74) is 2.05. The van der Waals surface area contributed by atoms with Gasteiger partial charge in [-0.05, 0) is 69.6 Å². The smallest absolute Gasteiger partial charge is 0.410 e. The van der Waals surface area contributed by atoms with Gasteiger partial charge >= 0.3 is 6.09 Å². The Bertz CT molecular complexity index is 1030. The molecule has 4 amide bonds. The number of carbonyl (C=O) groups is 4. The van der Waals surface area contributed by atoms with Crippen LogP contribution >= 0.6 is 11.8 Å². The average molecular weight is 504 g/mol. The van der Waals surface area contributed by atoms with Gasteiger partial charge in [0.15, 0.2) is 0 Å². The van der Waals surface area contributed by atoms with Crippen LogP contribution in [0.15, 0.2) is 12.1 Å². The normalized spacial score (nSPS) is 21.8. The second-order valence-electron chi connectivity index (χ2n) is 10.3. The number of benzene rings is 1. The number of anilines is 1. The number of nitrogens with zero attached hydrogens (tertiary/aromatic N) is 1. The number of hydrogen-bond donors (Lipinski definition) is 2. The number of methoxy groups -OCH3 is 1. The SMILES string of the molecule is COc1ccc(C(CC2CCN(C(=O)OC(C)(C)C)CC2)C2SC(=O)NC2=O)c2c1NC(=O)CC2. The largest absolute Gasteiger partial charge is 0.495 e. The van der Waals surface area contributed by atoms with Crippen LogP contribution in [-0.2, 0) is 20.7 Å². The molecule has 0 bridgehead atoms. The zero-order valence-corrected chi connectivity index (χ0v) is 21.5. The summed E-state index contributed by atoms with van der Waals surface area (Å²) in [5.74, 6) is 0.307. The molecular weight excluding hydrogens is 470 g/mol. The van der Waals surface area contributed by atoms with Crippen molar-refractivity contribution in [3.05, 3.63) is 23.3 Å². The van der Waals surface area contributed by atoms with Crippen molar-refractivity contribution in [2.24, 2.45) is 5.92 Å². The lowest BCUT2D eigenvalue weighted by Crippen LogP contribution is -2.42. The second kappa shape index (κ2) is 10.1. The zero-order valence-electron chi connectivity index (χ0n) is 20.6. The van der Waals surface area contributed by atoms with Crippen LogP contribution in [0.25, 0.3) is 0 Å². The Balaban J connectivity index is 1.57. The summed E-state index contributed by atoms with van der Waals surface area (Å²) in [5, 5.41) is 4.49. The van der Waals surface area contributed by atoms with Gasteiger partial charge in [-0.2, -0.15) is 0 Å². The highest BCUT2D eigenvalue weighted by Gasteiger charge is 2.42. The van der Waals surface area contributed by atoms with Gasteiger partial charge in [0.2, 0.25) is 11.8 Å². The third-order valence-corrected chi connectivity index (χ3v) is 7.85. The molecule has 1 aromatic rings. The van der Waals surface area contributed by atoms with E-state index in [2.05, 4.69) is 10.6 Å². The summed E-state index contributed by atoms with van der Waals surface area (Å²) >= 11 is 1.04. The third-order valence-electron chi connectivity index (χ3n) is 6.73. The van der Waals surface area contributed by atoms with E-state index in [-0.39, 0.29) is 35.0 Å². The molecule has 3 heterocycles. The predicted octanol–water partition coefficient (Wildman–Crippen LogP) is 4.05. The van der Waals surface area contributed by atoms with Crippen LogP contribution in [0.1, 0.15) is 63.5 Å². The number of amides is 4. The van der Waals surface area contributed by atoms with Crippen molar-refractivity contribution in [2.45, 2.75) is 69.6 Å². The third kappa shape index (κ3) is 5.74. The number of ether oxygens (including phenoxy) is 2. The molecule has 0 saturated carbocycles. The number of thioether (sulfide) groups is 1. The summed E-state index contributed by atoms with van der Waals surface area (Å²) in [6, 6.07) is 3.78. The molecular formula is C25H33N3O6S. The molecule has 0 aromatic heterocycles. The van der Waals surface area contributed by atoms with Gasteiger partial charge in [0.1, 0.15) is 16.6 Å². The molecule has 2 N–H and O–H groups in total. The zero-order chi connectivity index (χ0) is 25.3. The van der Waals surface area contributed by atoms with Crippen LogP contribution in [0.3, 0.4) is 0 Å². The van der Waals surface area contributed by atoms with Gasteiger partial charge in [0.25, 0.3) is 5.24 Å². The van der Waals surface area contributed by atoms with Crippen LogP contribution in [0.2, 0.25) is 0 Å². The highest BCUT2D eigenvalue weighted by atomic mass is 32.2. The molecule has 2 fully saturated rings. The number of carbonyl (C=O) groups excluding carboxylic acids is 4. The first kappa shape index (κ1) is 25.3. The monoisotopic (exact) mass is 503 g/mol. The first-order chi connectivity index (χ1) is 16.6. The van der Waals surface area contributed by atoms with Gasteiger partial charge in [-0.25, -0.2) is 4.79 Å². The minimum absolute atomic E-state index is 0.0674. The summed E-state index contributed by atoms with van der Waals surface area (Å²) in [7, 11) is 1.56. The molecule has 3 aliphatic heterocycles. The number of fused-ring (bicyclic) bond motifs is 1. The molecule has 9 nitrogen and oxygen atoms in total. The summed E-state index contributed by atoms with van der Waals surface area (Å²) in [6.45, 7) is 6.74. The topological polar surface area (TPSA) is 114 Å². The van der Waals surface area contributed by atoms with Crippen LogP contribution in [0, 0.1) is 5.92 Å². The molecule has 2 saturated heterocycles. The van der Waals surface area contributed by atoms with E-state index >= 15 is 0 Å². The number of rotatable bonds is 5. The van der Waals surface area contributed by atoms with Gasteiger partial charge in [0.05, 0.1) is 12.8 Å². The van der Waals surface area contributed by atoms with E-state index in [1.807, 2.05) is 32.9 Å². The quantitative estimate of drug-likeness (QED) is 0.623. The van der Waals surface area contributed by atoms with Crippen molar-refractivity contribution in [1.29, 1.82) is 0 Å². The predicted molar refractivity (Wildman–Crippen MR) is 133 cm³/mol. The van der Waals surface area contributed by atoms with Crippen LogP contribution in [-0.4, -0.2) is 59.1 Å². The van der Waals surface area contributed by atoms with E-state index in [4.69, 9.17) is 9.47 Å². The van der Waals surface area contributed by atoms with Crippen molar-refractivity contribution in [1.82, 2.24) is 10.2 Å². The molecule has 0 radical (unpaired) electrons. The molecule has 10 heteroatoms. The highest BCUT2D eigenvalue weighted by Crippen LogP contribution is 2.45. The molecule has 35 heavy (non-hydrogen) atoms. The lowest BCUT2D eigenvalue weighted by atomic mass is 9.79. The van der Waals surface area contributed by atoms with E-state index in [0.29, 0.717) is 43.8 Å². The Morgan fingerprint density at radius 1 is 1.14 bits per heavy atom. The maximum atomic E-state index is 12.7. The molecule has 4 rings (SSSR count). The van der Waals surface area contributed by atoms with Crippen LogP contribution < -0.4 is 15.4 Å². The summed E-state index contributed by atoms with van der Waals surface area (Å²) in [6.07, 6.45) is 2.89. The fourth-order valence-electron chi connectivity index (χ4n) is 5.09. The number of piperidine rings is 1.